The third-order valence-electron chi connectivity index (χ3n) is 5.15. The van der Waals surface area contributed by atoms with Crippen LogP contribution in [0.25, 0.3) is 0 Å². The molecule has 1 saturated heterocycles. The highest BCUT2D eigenvalue weighted by Crippen LogP contribution is 2.29. The van der Waals surface area contributed by atoms with E-state index in [1.165, 1.54) is 0 Å². The Kier molecular flexibility index (Phi) is 7.75. The van der Waals surface area contributed by atoms with Crippen molar-refractivity contribution in [1.82, 2.24) is 10.2 Å². The van der Waals surface area contributed by atoms with Crippen molar-refractivity contribution in [3.8, 4) is 11.5 Å². The van der Waals surface area contributed by atoms with E-state index < -0.39 is 0 Å². The van der Waals surface area contributed by atoms with E-state index in [9.17, 15) is 9.59 Å². The molecule has 1 aliphatic rings. The summed E-state index contributed by atoms with van der Waals surface area (Å²) in [7, 11) is 1.55. The number of benzene rings is 2. The lowest BCUT2D eigenvalue weighted by molar-refractivity contribution is -0.0586. The van der Waals surface area contributed by atoms with Gasteiger partial charge in [0.1, 0.15) is 0 Å². The van der Waals surface area contributed by atoms with Gasteiger partial charge in [-0.1, -0.05) is 12.1 Å². The summed E-state index contributed by atoms with van der Waals surface area (Å²) in [5, 5.41) is 2.90. The monoisotopic (exact) mass is 440 g/mol. The van der Waals surface area contributed by atoms with Crippen molar-refractivity contribution >= 4 is 11.8 Å². The number of carbonyl (C=O) groups excluding carboxylic acids is 2. The van der Waals surface area contributed by atoms with Crippen LogP contribution in [0.1, 0.15) is 54.0 Å². The number of rotatable bonds is 7. The smallest absolute Gasteiger partial charge is 0.254 e. The van der Waals surface area contributed by atoms with Crippen molar-refractivity contribution < 1.29 is 23.8 Å². The first-order chi connectivity index (χ1) is 15.3. The van der Waals surface area contributed by atoms with Crippen molar-refractivity contribution in [2.75, 3.05) is 20.2 Å². The Morgan fingerprint density at radius 3 is 2.25 bits per heavy atom. The zero-order chi connectivity index (χ0) is 23.3. The number of methoxy groups -OCH3 is 1. The molecule has 2 aromatic rings. The van der Waals surface area contributed by atoms with Gasteiger partial charge in [0.2, 0.25) is 0 Å². The molecule has 32 heavy (non-hydrogen) atoms. The van der Waals surface area contributed by atoms with Gasteiger partial charge < -0.3 is 24.4 Å². The lowest BCUT2D eigenvalue weighted by Gasteiger charge is -2.35. The molecule has 2 atom stereocenters. The number of amides is 2. The predicted molar refractivity (Wildman–Crippen MR) is 122 cm³/mol. The summed E-state index contributed by atoms with van der Waals surface area (Å²) in [6.45, 7) is 9.34. The maximum atomic E-state index is 12.8. The minimum absolute atomic E-state index is 0.00149. The summed E-state index contributed by atoms with van der Waals surface area (Å²) in [4.78, 5) is 27.2. The topological polar surface area (TPSA) is 77.1 Å². The highest BCUT2D eigenvalue weighted by Gasteiger charge is 2.26. The molecule has 2 unspecified atom stereocenters. The van der Waals surface area contributed by atoms with Crippen LogP contribution in [0, 0.1) is 0 Å². The molecule has 1 aliphatic heterocycles. The number of hydrogen-bond acceptors (Lipinski definition) is 5. The van der Waals surface area contributed by atoms with Gasteiger partial charge in [-0.15, -0.1) is 0 Å². The summed E-state index contributed by atoms with van der Waals surface area (Å²) in [6, 6.07) is 12.4. The van der Waals surface area contributed by atoms with Gasteiger partial charge in [-0.2, -0.15) is 0 Å². The van der Waals surface area contributed by atoms with Crippen LogP contribution in [-0.4, -0.2) is 55.2 Å². The molecule has 3 rings (SSSR count). The average molecular weight is 441 g/mol. The van der Waals surface area contributed by atoms with Crippen molar-refractivity contribution in [2.45, 2.75) is 52.6 Å². The van der Waals surface area contributed by atoms with Gasteiger partial charge in [0, 0.05) is 30.8 Å². The van der Waals surface area contributed by atoms with Crippen molar-refractivity contribution in [1.29, 1.82) is 0 Å². The third kappa shape index (κ3) is 6.01. The fourth-order valence-corrected chi connectivity index (χ4v) is 3.74. The highest BCUT2D eigenvalue weighted by molar-refractivity contribution is 5.95. The molecule has 1 N–H and O–H groups in total. The van der Waals surface area contributed by atoms with Crippen LogP contribution < -0.4 is 14.8 Å². The zero-order valence-electron chi connectivity index (χ0n) is 19.4. The fraction of sp³-hybridized carbons (Fsp3) is 0.440. The van der Waals surface area contributed by atoms with Gasteiger partial charge in [-0.25, -0.2) is 0 Å². The summed E-state index contributed by atoms with van der Waals surface area (Å²) in [6.07, 6.45) is 0.0668. The SMILES string of the molecule is COc1cc(C(=O)NCc2ccc(C(=O)N3CC(C)OC(C)C3)cc2)ccc1OC(C)C. The number of nitrogens with zero attached hydrogens (tertiary/aromatic N) is 1. The largest absolute Gasteiger partial charge is 0.493 e. The Morgan fingerprint density at radius 1 is 1.03 bits per heavy atom. The number of carbonyl (C=O) groups is 2. The van der Waals surface area contributed by atoms with Crippen molar-refractivity contribution in [3.05, 3.63) is 59.2 Å². The first kappa shape index (κ1) is 23.6. The Hall–Kier alpha value is -3.06. The van der Waals surface area contributed by atoms with E-state index in [-0.39, 0.29) is 30.1 Å². The maximum absolute atomic E-state index is 12.8. The molecule has 1 heterocycles. The van der Waals surface area contributed by atoms with Gasteiger partial charge in [0.25, 0.3) is 11.8 Å². The molecule has 2 amide bonds. The van der Waals surface area contributed by atoms with Crippen LogP contribution in [0.3, 0.4) is 0 Å². The quantitative estimate of drug-likeness (QED) is 0.711. The van der Waals surface area contributed by atoms with Crippen LogP contribution >= 0.6 is 0 Å². The Morgan fingerprint density at radius 2 is 1.66 bits per heavy atom. The molecular weight excluding hydrogens is 408 g/mol. The second-order valence-corrected chi connectivity index (χ2v) is 8.38. The van der Waals surface area contributed by atoms with E-state index in [2.05, 4.69) is 5.32 Å². The molecule has 0 saturated carbocycles. The molecule has 2 aromatic carbocycles. The maximum Gasteiger partial charge on any atom is 0.254 e. The summed E-state index contributed by atoms with van der Waals surface area (Å²) >= 11 is 0. The van der Waals surface area contributed by atoms with Gasteiger partial charge in [-0.05, 0) is 63.6 Å². The van der Waals surface area contributed by atoms with E-state index in [1.807, 2.05) is 44.7 Å². The summed E-state index contributed by atoms with van der Waals surface area (Å²) in [5.41, 5.74) is 2.03. The van der Waals surface area contributed by atoms with E-state index in [1.54, 1.807) is 37.4 Å². The second kappa shape index (κ2) is 10.5. The highest BCUT2D eigenvalue weighted by atomic mass is 16.5. The number of ether oxygens (including phenoxy) is 3. The fourth-order valence-electron chi connectivity index (χ4n) is 3.74. The molecule has 0 spiro atoms. The summed E-state index contributed by atoms with van der Waals surface area (Å²) < 4.78 is 16.7. The number of morpholine rings is 1. The second-order valence-electron chi connectivity index (χ2n) is 8.38. The van der Waals surface area contributed by atoms with E-state index >= 15 is 0 Å². The molecule has 0 bridgehead atoms. The minimum atomic E-state index is -0.212. The standard InChI is InChI=1S/C25H32N2O5/c1-16(2)31-22-11-10-21(12-23(22)30-5)24(28)26-13-19-6-8-20(9-7-19)25(29)27-14-17(3)32-18(4)15-27/h6-12,16-18H,13-15H2,1-5H3,(H,26,28). The van der Waals surface area contributed by atoms with Gasteiger partial charge in [0.15, 0.2) is 11.5 Å². The van der Waals surface area contributed by atoms with Crippen molar-refractivity contribution in [2.24, 2.45) is 0 Å². The third-order valence-corrected chi connectivity index (χ3v) is 5.15. The van der Waals surface area contributed by atoms with Gasteiger partial charge in [-0.3, -0.25) is 9.59 Å². The predicted octanol–water partition coefficient (Wildman–Crippen LogP) is 3.66. The van der Waals surface area contributed by atoms with Crippen LogP contribution in [0.4, 0.5) is 0 Å². The Labute approximate surface area is 189 Å². The van der Waals surface area contributed by atoms with E-state index in [4.69, 9.17) is 14.2 Å². The van der Waals surface area contributed by atoms with Crippen LogP contribution in [-0.2, 0) is 11.3 Å². The molecular formula is C25H32N2O5. The van der Waals surface area contributed by atoms with Crippen LogP contribution in [0.5, 0.6) is 11.5 Å². The Balaban J connectivity index is 1.59. The van der Waals surface area contributed by atoms with Crippen molar-refractivity contribution in [3.63, 3.8) is 0 Å². The number of hydrogen-bond donors (Lipinski definition) is 1. The van der Waals surface area contributed by atoms with E-state index in [0.717, 1.165) is 5.56 Å². The lowest BCUT2D eigenvalue weighted by atomic mass is 10.1. The Bertz CT molecular complexity index is 932. The van der Waals surface area contributed by atoms with Gasteiger partial charge in [0.05, 0.1) is 25.4 Å². The van der Waals surface area contributed by atoms with Crippen LogP contribution in [0.15, 0.2) is 42.5 Å². The molecule has 0 aromatic heterocycles. The minimum Gasteiger partial charge on any atom is -0.493 e. The molecule has 7 heteroatoms. The normalized spacial score (nSPS) is 18.4. The molecule has 0 aliphatic carbocycles. The molecule has 0 radical (unpaired) electrons. The number of nitrogens with one attached hydrogen (secondary N) is 1. The first-order valence-corrected chi connectivity index (χ1v) is 10.9. The summed E-state index contributed by atoms with van der Waals surface area (Å²) in [5.74, 6) is 0.901. The van der Waals surface area contributed by atoms with E-state index in [0.29, 0.717) is 42.3 Å². The molecule has 1 fully saturated rings. The molecule has 172 valence electrons. The molecule has 7 nitrogen and oxygen atoms in total. The zero-order valence-corrected chi connectivity index (χ0v) is 19.4. The average Bonchev–Trinajstić information content (AvgIpc) is 2.76. The van der Waals surface area contributed by atoms with Gasteiger partial charge >= 0.3 is 0 Å². The first-order valence-electron chi connectivity index (χ1n) is 10.9. The van der Waals surface area contributed by atoms with Crippen LogP contribution in [0.2, 0.25) is 0 Å². The lowest BCUT2D eigenvalue weighted by Crippen LogP contribution is -2.48.